The van der Waals surface area contributed by atoms with E-state index in [9.17, 15) is 0 Å². The summed E-state index contributed by atoms with van der Waals surface area (Å²) in [6, 6.07) is 0. The molecule has 0 aromatic carbocycles. The van der Waals surface area contributed by atoms with Gasteiger partial charge in [-0.3, -0.25) is 0 Å². The number of carboxylic acid groups (broad SMARTS) is 8. The van der Waals surface area contributed by atoms with E-state index < -0.39 is 47.8 Å². The van der Waals surface area contributed by atoms with E-state index >= 15 is 0 Å². The maximum Gasteiger partial charge on any atom is 4.00 e. The molecule has 27 heavy (non-hydrogen) atoms. The van der Waals surface area contributed by atoms with Crippen LogP contribution in [0.5, 0.6) is 0 Å². The fourth-order valence-electron chi connectivity index (χ4n) is 0. The second-order valence-electron chi connectivity index (χ2n) is 2.34. The maximum atomic E-state index is 9.10. The van der Waals surface area contributed by atoms with Crippen LogP contribution in [-0.4, -0.2) is 112 Å². The predicted octanol–water partition coefficient (Wildman–Crippen LogP) is -12.6. The molecule has 0 spiro atoms. The maximum absolute atomic E-state index is 9.10. The summed E-state index contributed by atoms with van der Waals surface area (Å²) in [7, 11) is 0. The number of hydrogen-bond acceptors (Lipinski definition) is 14. The first-order chi connectivity index (χ1) is 10.6. The molecule has 19 heteroatoms. The Labute approximate surface area is 201 Å². The SMILES string of the molecule is O.O=C(O)C(=O)O.O=C([O-])C(=O)[O-].O=C([O-])C(=O)[O-].O=C([O-])C(=O)[O-].[Ba+2].[Ti+4]. The van der Waals surface area contributed by atoms with Gasteiger partial charge in [-0.2, -0.15) is 0 Å². The Hall–Kier alpha value is -1.99. The number of rotatable bonds is 0. The Morgan fingerprint density at radius 3 is 0.519 bits per heavy atom. The van der Waals surface area contributed by atoms with Crippen molar-refractivity contribution in [3.05, 3.63) is 0 Å². The number of aliphatic carboxylic acids is 8. The van der Waals surface area contributed by atoms with E-state index in [4.69, 9.17) is 79.2 Å². The first kappa shape index (κ1) is 44.4. The summed E-state index contributed by atoms with van der Waals surface area (Å²) in [6.45, 7) is 0. The van der Waals surface area contributed by atoms with Crippen molar-refractivity contribution in [1.29, 1.82) is 0 Å². The monoisotopic (exact) mass is 558 g/mol. The van der Waals surface area contributed by atoms with Crippen molar-refractivity contribution in [2.75, 3.05) is 0 Å². The molecular formula is C8H4BaO17Ti. The minimum absolute atomic E-state index is 0. The Bertz CT molecular complexity index is 395. The molecule has 0 aliphatic rings. The van der Waals surface area contributed by atoms with Gasteiger partial charge in [-0.15, -0.1) is 0 Å². The number of carbonyl (C=O) groups is 8. The van der Waals surface area contributed by atoms with Gasteiger partial charge in [0, 0.05) is 0 Å². The van der Waals surface area contributed by atoms with Gasteiger partial charge in [0.15, 0.2) is 0 Å². The van der Waals surface area contributed by atoms with Crippen LogP contribution in [0.4, 0.5) is 0 Å². The van der Waals surface area contributed by atoms with Crippen LogP contribution in [0.15, 0.2) is 0 Å². The average Bonchev–Trinajstić information content (AvgIpc) is 2.40. The number of carboxylic acids is 8. The normalized spacial score (nSPS) is 6.52. The van der Waals surface area contributed by atoms with E-state index in [1.165, 1.54) is 0 Å². The van der Waals surface area contributed by atoms with Crippen LogP contribution in [0, 0.1) is 0 Å². The van der Waals surface area contributed by atoms with Crippen molar-refractivity contribution in [2.45, 2.75) is 0 Å². The van der Waals surface area contributed by atoms with Crippen molar-refractivity contribution in [2.24, 2.45) is 0 Å². The molecule has 0 aromatic heterocycles. The van der Waals surface area contributed by atoms with E-state index in [2.05, 4.69) is 0 Å². The molecule has 0 fully saturated rings. The fraction of sp³-hybridized carbons (Fsp3) is 0. The number of hydrogen-bond donors (Lipinski definition) is 2. The van der Waals surface area contributed by atoms with Crippen LogP contribution in [0.3, 0.4) is 0 Å². The average molecular weight is 557 g/mol. The van der Waals surface area contributed by atoms with Gasteiger partial charge in [-0.05, 0) is 0 Å². The molecule has 0 atom stereocenters. The van der Waals surface area contributed by atoms with Crippen molar-refractivity contribution < 1.29 is 106 Å². The van der Waals surface area contributed by atoms with Crippen LogP contribution >= 0.6 is 0 Å². The Kier molecular flexibility index (Phi) is 43.2. The summed E-state index contributed by atoms with van der Waals surface area (Å²) < 4.78 is 0. The predicted molar refractivity (Wildman–Crippen MR) is 54.7 cm³/mol. The smallest absolute Gasteiger partial charge is 0.543 e. The fourth-order valence-corrected chi connectivity index (χ4v) is 0. The minimum Gasteiger partial charge on any atom is -0.543 e. The Morgan fingerprint density at radius 2 is 0.519 bits per heavy atom. The van der Waals surface area contributed by atoms with E-state index in [0.29, 0.717) is 0 Å². The summed E-state index contributed by atoms with van der Waals surface area (Å²) in [5.74, 6) is -16.8. The third kappa shape index (κ3) is 59.3. The van der Waals surface area contributed by atoms with E-state index in [1.54, 1.807) is 0 Å². The van der Waals surface area contributed by atoms with E-state index in [0.717, 1.165) is 0 Å². The molecule has 0 amide bonds. The van der Waals surface area contributed by atoms with Crippen LogP contribution in [0.2, 0.25) is 0 Å². The summed E-state index contributed by atoms with van der Waals surface area (Å²) >= 11 is 0. The number of carbonyl (C=O) groups excluding carboxylic acids is 6. The molecule has 17 nitrogen and oxygen atoms in total. The molecule has 0 radical (unpaired) electrons. The van der Waals surface area contributed by atoms with E-state index in [-0.39, 0.29) is 76.1 Å². The molecule has 0 aliphatic carbocycles. The van der Waals surface area contributed by atoms with Crippen LogP contribution < -0.4 is 30.6 Å². The first-order valence-corrected chi connectivity index (χ1v) is 4.30. The molecule has 0 bridgehead atoms. The van der Waals surface area contributed by atoms with Gasteiger partial charge >= 0.3 is 82.5 Å². The molecular weight excluding hydrogens is 553 g/mol. The van der Waals surface area contributed by atoms with Gasteiger partial charge in [0.2, 0.25) is 0 Å². The van der Waals surface area contributed by atoms with Gasteiger partial charge in [-0.1, -0.05) is 0 Å². The van der Waals surface area contributed by atoms with Crippen molar-refractivity contribution in [1.82, 2.24) is 0 Å². The quantitative estimate of drug-likeness (QED) is 0.206. The summed E-state index contributed by atoms with van der Waals surface area (Å²) in [5, 5.41) is 68.3. The van der Waals surface area contributed by atoms with Gasteiger partial charge in [0.1, 0.15) is 0 Å². The largest absolute Gasteiger partial charge is 4.00 e. The van der Waals surface area contributed by atoms with E-state index in [1.807, 2.05) is 0 Å². The zero-order chi connectivity index (χ0) is 20.6. The molecule has 144 valence electrons. The summed E-state index contributed by atoms with van der Waals surface area (Å²) in [4.78, 5) is 71.8. The standard InChI is InChI=1S/4C2H2O4.Ba.H2O.Ti/c4*3-1(4)2(5)6;;;/h4*(H,3,4)(H,5,6);;1H2;/q;;;;+2;;+4/p-6. The molecule has 0 rings (SSSR count). The Morgan fingerprint density at radius 1 is 0.444 bits per heavy atom. The summed E-state index contributed by atoms with van der Waals surface area (Å²) in [5.41, 5.74) is 0. The molecule has 0 heterocycles. The van der Waals surface area contributed by atoms with Crippen LogP contribution in [0.1, 0.15) is 0 Å². The van der Waals surface area contributed by atoms with Gasteiger partial charge in [-0.25, -0.2) is 9.59 Å². The molecule has 0 aliphatic heterocycles. The van der Waals surface area contributed by atoms with Gasteiger partial charge < -0.3 is 75.1 Å². The first-order valence-electron chi connectivity index (χ1n) is 4.30. The van der Waals surface area contributed by atoms with Gasteiger partial charge in [0.25, 0.3) is 0 Å². The molecule has 0 saturated carbocycles. The molecule has 0 aromatic rings. The zero-order valence-corrected chi connectivity index (χ0v) is 18.3. The second-order valence-corrected chi connectivity index (χ2v) is 2.34. The topological polar surface area (TPSA) is 347 Å². The van der Waals surface area contributed by atoms with Gasteiger partial charge in [0.05, 0.1) is 35.8 Å². The molecule has 0 saturated heterocycles. The molecule has 4 N–H and O–H groups in total. The Balaban J connectivity index is -0.0000000381. The van der Waals surface area contributed by atoms with Crippen molar-refractivity contribution in [3.8, 4) is 0 Å². The third-order valence-corrected chi connectivity index (χ3v) is 0.683. The minimum atomic E-state index is -2.19. The van der Waals surface area contributed by atoms with Crippen LogP contribution in [-0.2, 0) is 60.1 Å². The second kappa shape index (κ2) is 26.2. The molecule has 0 unspecified atom stereocenters. The van der Waals surface area contributed by atoms with Crippen LogP contribution in [0.25, 0.3) is 0 Å². The third-order valence-electron chi connectivity index (χ3n) is 0.683. The zero-order valence-electron chi connectivity index (χ0n) is 12.3. The summed E-state index contributed by atoms with van der Waals surface area (Å²) in [6.07, 6.45) is 0. The van der Waals surface area contributed by atoms with Crippen molar-refractivity contribution in [3.63, 3.8) is 0 Å². The van der Waals surface area contributed by atoms with Crippen molar-refractivity contribution >= 4 is 96.6 Å².